The molecule has 0 unspecified atom stereocenters. The Labute approximate surface area is 202 Å². The lowest BCUT2D eigenvalue weighted by Gasteiger charge is -2.23. The first-order chi connectivity index (χ1) is 16.3. The Hall–Kier alpha value is -3.78. The molecule has 2 heteroatoms. The molecule has 0 spiro atoms. The zero-order chi connectivity index (χ0) is 23.9. The van der Waals surface area contributed by atoms with Gasteiger partial charge in [-0.2, -0.15) is 4.57 Å². The first-order valence-corrected chi connectivity index (χ1v) is 11.9. The van der Waals surface area contributed by atoms with E-state index in [1.165, 1.54) is 38.7 Å². The third kappa shape index (κ3) is 4.01. The Kier molecular flexibility index (Phi) is 5.53. The van der Waals surface area contributed by atoms with Crippen LogP contribution in [0.3, 0.4) is 0 Å². The maximum Gasteiger partial charge on any atom is 0.214 e. The van der Waals surface area contributed by atoms with E-state index < -0.39 is 0 Å². The van der Waals surface area contributed by atoms with Crippen molar-refractivity contribution in [2.75, 3.05) is 0 Å². The van der Waals surface area contributed by atoms with E-state index in [1.54, 1.807) is 0 Å². The van der Waals surface area contributed by atoms with Crippen LogP contribution < -0.4 is 4.57 Å². The van der Waals surface area contributed by atoms with Gasteiger partial charge in [0.05, 0.1) is 6.20 Å². The quantitative estimate of drug-likeness (QED) is 0.260. The topological polar surface area (TPSA) is 16.8 Å². The van der Waals surface area contributed by atoms with Crippen LogP contribution >= 0.6 is 0 Å². The van der Waals surface area contributed by atoms with E-state index >= 15 is 0 Å². The molecule has 0 amide bonds. The molecule has 0 N–H and O–H groups in total. The van der Waals surface area contributed by atoms with Crippen LogP contribution in [0.2, 0.25) is 0 Å². The van der Waals surface area contributed by atoms with Crippen molar-refractivity contribution in [3.05, 3.63) is 114 Å². The van der Waals surface area contributed by atoms with Crippen LogP contribution in [-0.2, 0) is 5.41 Å². The molecule has 34 heavy (non-hydrogen) atoms. The summed E-state index contributed by atoms with van der Waals surface area (Å²) >= 11 is 0. The van der Waals surface area contributed by atoms with Crippen LogP contribution in [0.1, 0.15) is 37.6 Å². The van der Waals surface area contributed by atoms with Gasteiger partial charge in [-0.15, -0.1) is 0 Å². The van der Waals surface area contributed by atoms with Gasteiger partial charge in [0, 0.05) is 24.1 Å². The predicted octanol–water partition coefficient (Wildman–Crippen LogP) is 7.76. The van der Waals surface area contributed by atoms with Crippen LogP contribution in [0, 0.1) is 13.8 Å². The summed E-state index contributed by atoms with van der Waals surface area (Å²) in [4.78, 5) is 4.78. The molecule has 0 aliphatic heterocycles. The molecule has 0 radical (unpaired) electrons. The first kappa shape index (κ1) is 22.0. The Morgan fingerprint density at radius 1 is 0.676 bits per heavy atom. The maximum atomic E-state index is 4.78. The summed E-state index contributed by atoms with van der Waals surface area (Å²) in [5, 5.41) is 2.64. The van der Waals surface area contributed by atoms with E-state index in [0.29, 0.717) is 0 Å². The van der Waals surface area contributed by atoms with Crippen molar-refractivity contribution in [3.8, 4) is 28.1 Å². The van der Waals surface area contributed by atoms with Crippen molar-refractivity contribution in [2.45, 2.75) is 40.0 Å². The van der Waals surface area contributed by atoms with Gasteiger partial charge in [-0.05, 0) is 39.8 Å². The maximum absolute atomic E-state index is 4.78. The SMILES string of the molecule is Cc1c(-[n+]2cc(-c3ccc(-c4ccccc4)cc3)ncc2C)cc(C(C)(C)C)c2ccccc12. The molecule has 0 aliphatic rings. The molecule has 0 fully saturated rings. The summed E-state index contributed by atoms with van der Waals surface area (Å²) in [7, 11) is 0. The van der Waals surface area contributed by atoms with Crippen molar-refractivity contribution >= 4 is 10.8 Å². The van der Waals surface area contributed by atoms with Crippen LogP contribution in [0.4, 0.5) is 0 Å². The standard InChI is InChI=1S/C32H31N2/c1-22-20-33-30(26-17-15-25(16-18-26)24-11-7-6-8-12-24)21-34(22)31-19-29(32(3,4)5)28-14-10-9-13-27(28)23(31)2/h6-21H,1-5H3/q+1. The highest BCUT2D eigenvalue weighted by Gasteiger charge is 2.24. The third-order valence-corrected chi connectivity index (χ3v) is 6.66. The predicted molar refractivity (Wildman–Crippen MR) is 142 cm³/mol. The summed E-state index contributed by atoms with van der Waals surface area (Å²) in [5.74, 6) is 0. The Balaban J connectivity index is 1.64. The highest BCUT2D eigenvalue weighted by molar-refractivity contribution is 5.91. The van der Waals surface area contributed by atoms with E-state index in [4.69, 9.17) is 4.98 Å². The van der Waals surface area contributed by atoms with E-state index in [-0.39, 0.29) is 5.41 Å². The Bertz CT molecular complexity index is 1470. The summed E-state index contributed by atoms with van der Waals surface area (Å²) < 4.78 is 2.30. The molecule has 2 nitrogen and oxygen atoms in total. The minimum absolute atomic E-state index is 0.0413. The molecule has 5 rings (SSSR count). The summed E-state index contributed by atoms with van der Waals surface area (Å²) in [6, 6.07) is 30.3. The minimum atomic E-state index is 0.0413. The lowest BCUT2D eigenvalue weighted by Crippen LogP contribution is -2.36. The molecular weight excluding hydrogens is 412 g/mol. The largest absolute Gasteiger partial charge is 0.243 e. The van der Waals surface area contributed by atoms with E-state index in [0.717, 1.165) is 17.0 Å². The average molecular weight is 444 g/mol. The van der Waals surface area contributed by atoms with Crippen molar-refractivity contribution in [1.29, 1.82) is 0 Å². The van der Waals surface area contributed by atoms with Gasteiger partial charge in [0.2, 0.25) is 17.6 Å². The normalized spacial score (nSPS) is 11.7. The fraction of sp³-hybridized carbons (Fsp3) is 0.188. The monoisotopic (exact) mass is 443 g/mol. The molecule has 0 atom stereocenters. The zero-order valence-electron chi connectivity index (χ0n) is 20.6. The second-order valence-electron chi connectivity index (χ2n) is 10.1. The number of aromatic nitrogens is 2. The minimum Gasteiger partial charge on any atom is -0.243 e. The van der Waals surface area contributed by atoms with Crippen LogP contribution in [0.5, 0.6) is 0 Å². The van der Waals surface area contributed by atoms with Crippen LogP contribution in [0.15, 0.2) is 97.3 Å². The molecule has 5 aromatic rings. The van der Waals surface area contributed by atoms with Crippen molar-refractivity contribution in [1.82, 2.24) is 4.98 Å². The highest BCUT2D eigenvalue weighted by atomic mass is 15.0. The molecule has 0 saturated carbocycles. The van der Waals surface area contributed by atoms with Gasteiger partial charge >= 0.3 is 0 Å². The van der Waals surface area contributed by atoms with Crippen molar-refractivity contribution in [2.24, 2.45) is 0 Å². The van der Waals surface area contributed by atoms with Gasteiger partial charge in [0.1, 0.15) is 5.69 Å². The molecular formula is C32H31N2+. The summed E-state index contributed by atoms with van der Waals surface area (Å²) in [5.41, 5.74) is 9.53. The highest BCUT2D eigenvalue weighted by Crippen LogP contribution is 2.34. The molecule has 0 saturated heterocycles. The molecule has 1 heterocycles. The third-order valence-electron chi connectivity index (χ3n) is 6.66. The van der Waals surface area contributed by atoms with E-state index in [2.05, 4.69) is 124 Å². The van der Waals surface area contributed by atoms with Gasteiger partial charge in [-0.3, -0.25) is 0 Å². The van der Waals surface area contributed by atoms with Gasteiger partial charge in [-0.1, -0.05) is 99.6 Å². The van der Waals surface area contributed by atoms with Gasteiger partial charge in [0.15, 0.2) is 0 Å². The van der Waals surface area contributed by atoms with E-state index in [9.17, 15) is 0 Å². The summed E-state index contributed by atoms with van der Waals surface area (Å²) in [6.45, 7) is 11.2. The fourth-order valence-electron chi connectivity index (χ4n) is 4.73. The number of fused-ring (bicyclic) bond motifs is 1. The Morgan fingerprint density at radius 2 is 1.26 bits per heavy atom. The molecule has 0 aliphatic carbocycles. The number of rotatable bonds is 3. The van der Waals surface area contributed by atoms with Crippen LogP contribution in [0.25, 0.3) is 38.8 Å². The lowest BCUT2D eigenvalue weighted by atomic mass is 9.82. The Morgan fingerprint density at radius 3 is 1.94 bits per heavy atom. The second-order valence-corrected chi connectivity index (χ2v) is 10.1. The zero-order valence-corrected chi connectivity index (χ0v) is 20.6. The lowest BCUT2D eigenvalue weighted by molar-refractivity contribution is -0.603. The van der Waals surface area contributed by atoms with Gasteiger partial charge in [-0.25, -0.2) is 4.98 Å². The number of nitrogens with zero attached hydrogens (tertiary/aromatic N) is 2. The fourth-order valence-corrected chi connectivity index (χ4v) is 4.73. The number of hydrogen-bond donors (Lipinski definition) is 0. The van der Waals surface area contributed by atoms with Crippen LogP contribution in [-0.4, -0.2) is 4.98 Å². The number of aryl methyl sites for hydroxylation is 2. The average Bonchev–Trinajstić information content (AvgIpc) is 2.85. The first-order valence-electron chi connectivity index (χ1n) is 11.9. The molecule has 168 valence electrons. The van der Waals surface area contributed by atoms with Gasteiger partial charge < -0.3 is 0 Å². The second kappa shape index (κ2) is 8.53. The van der Waals surface area contributed by atoms with Crippen molar-refractivity contribution < 1.29 is 4.57 Å². The smallest absolute Gasteiger partial charge is 0.214 e. The summed E-state index contributed by atoms with van der Waals surface area (Å²) in [6.07, 6.45) is 4.15. The molecule has 0 bridgehead atoms. The molecule has 1 aromatic heterocycles. The van der Waals surface area contributed by atoms with Crippen molar-refractivity contribution in [3.63, 3.8) is 0 Å². The number of hydrogen-bond acceptors (Lipinski definition) is 1. The van der Waals surface area contributed by atoms with Gasteiger partial charge in [0.25, 0.3) is 0 Å². The molecule has 4 aromatic carbocycles. The number of benzene rings is 4. The van der Waals surface area contributed by atoms with E-state index in [1.807, 2.05) is 12.3 Å².